The molecule has 0 aliphatic carbocycles. The molecule has 0 radical (unpaired) electrons. The molecule has 178 valence electrons. The van der Waals surface area contributed by atoms with Crippen LogP contribution in [0.25, 0.3) is 11.2 Å². The van der Waals surface area contributed by atoms with Crippen molar-refractivity contribution in [1.29, 1.82) is 0 Å². The third-order valence-electron chi connectivity index (χ3n) is 5.43. The summed E-state index contributed by atoms with van der Waals surface area (Å²) >= 11 is 0. The van der Waals surface area contributed by atoms with Gasteiger partial charge >= 0.3 is 12.0 Å². The molecule has 1 aliphatic rings. The number of nitrogens with zero attached hydrogens (tertiary/aromatic N) is 5. The van der Waals surface area contributed by atoms with Gasteiger partial charge < -0.3 is 19.9 Å². The van der Waals surface area contributed by atoms with E-state index in [-0.39, 0.29) is 36.2 Å². The number of ether oxygens (including phenoxy) is 2. The van der Waals surface area contributed by atoms with Gasteiger partial charge in [-0.3, -0.25) is 9.88 Å². The number of para-hydroxylation sites is 1. The van der Waals surface area contributed by atoms with Gasteiger partial charge in [0.25, 0.3) is 0 Å². The number of hydrogen-bond donors (Lipinski definition) is 3. The summed E-state index contributed by atoms with van der Waals surface area (Å²) in [5.74, 6) is -0.779. The van der Waals surface area contributed by atoms with Gasteiger partial charge in [-0.15, -0.1) is 0 Å². The molecule has 12 heteroatoms. The molecule has 3 N–H and O–H groups in total. The van der Waals surface area contributed by atoms with Crippen LogP contribution in [0.15, 0.2) is 61.3 Å². The van der Waals surface area contributed by atoms with E-state index >= 15 is 0 Å². The molecular formula is C23H21N7O5. The molecule has 0 bridgehead atoms. The molecule has 0 spiro atoms. The number of fused-ring (bicyclic) bond motifs is 1. The number of carboxylic acids is 1. The second-order valence-electron chi connectivity index (χ2n) is 7.75. The maximum Gasteiger partial charge on any atom is 0.341 e. The first-order valence-corrected chi connectivity index (χ1v) is 10.9. The first-order chi connectivity index (χ1) is 17.1. The molecule has 2 atom stereocenters. The number of imidazole rings is 1. The van der Waals surface area contributed by atoms with Gasteiger partial charge in [0.2, 0.25) is 5.88 Å². The van der Waals surface area contributed by atoms with E-state index in [1.807, 2.05) is 18.2 Å². The maximum atomic E-state index is 12.4. The molecule has 1 aromatic carbocycles. The van der Waals surface area contributed by atoms with Crippen LogP contribution < -0.4 is 15.4 Å². The Bertz CT molecular complexity index is 1360. The van der Waals surface area contributed by atoms with Crippen LogP contribution in [-0.2, 0) is 4.74 Å². The van der Waals surface area contributed by atoms with Crippen LogP contribution in [0.5, 0.6) is 5.88 Å². The normalized spacial score (nSPS) is 17.3. The number of pyridine rings is 1. The monoisotopic (exact) mass is 475 g/mol. The van der Waals surface area contributed by atoms with Gasteiger partial charge in [-0.2, -0.15) is 0 Å². The third kappa shape index (κ3) is 4.87. The predicted octanol–water partition coefficient (Wildman–Crippen LogP) is 3.32. The van der Waals surface area contributed by atoms with Gasteiger partial charge in [0, 0.05) is 11.9 Å². The van der Waals surface area contributed by atoms with E-state index in [1.165, 1.54) is 18.6 Å². The summed E-state index contributed by atoms with van der Waals surface area (Å²) in [6.45, 7) is 0.155. The van der Waals surface area contributed by atoms with Gasteiger partial charge in [0.1, 0.15) is 24.7 Å². The summed E-state index contributed by atoms with van der Waals surface area (Å²) in [6, 6.07) is 11.6. The molecule has 0 saturated carbocycles. The molecule has 35 heavy (non-hydrogen) atoms. The standard InChI is InChI=1S/C23H21N7O5/c31-22(32)16-7-4-10-24-21(16)34-11-15-8-9-17(35-15)30-13-27-18-19(25-12-26-20(18)30)29-23(33)28-14-5-2-1-3-6-14/h1-7,10,12-13,15,17H,8-9,11H2,(H,31,32)(H2,25,26,28,29,33). The SMILES string of the molecule is O=C(Nc1ccccc1)Nc1ncnc2c1ncn2C1CCC(COc2ncccc2C(=O)O)O1. The van der Waals surface area contributed by atoms with Crippen molar-refractivity contribution in [2.24, 2.45) is 0 Å². The van der Waals surface area contributed by atoms with E-state index in [0.29, 0.717) is 29.7 Å². The average Bonchev–Trinajstić information content (AvgIpc) is 3.51. The Hall–Kier alpha value is -4.58. The molecule has 3 aromatic heterocycles. The summed E-state index contributed by atoms with van der Waals surface area (Å²) in [5, 5.41) is 14.7. The van der Waals surface area contributed by atoms with Crippen molar-refractivity contribution in [3.05, 3.63) is 66.9 Å². The second kappa shape index (κ2) is 9.73. The zero-order valence-corrected chi connectivity index (χ0v) is 18.4. The molecule has 4 aromatic rings. The molecular weight excluding hydrogens is 454 g/mol. The van der Waals surface area contributed by atoms with E-state index in [4.69, 9.17) is 9.47 Å². The fourth-order valence-corrected chi connectivity index (χ4v) is 3.80. The van der Waals surface area contributed by atoms with E-state index in [2.05, 4.69) is 30.6 Å². The van der Waals surface area contributed by atoms with Crippen LogP contribution in [0.2, 0.25) is 0 Å². The Kier molecular flexibility index (Phi) is 6.18. The van der Waals surface area contributed by atoms with Crippen molar-refractivity contribution < 1.29 is 24.2 Å². The molecule has 12 nitrogen and oxygen atoms in total. The molecule has 1 fully saturated rings. The number of carbonyl (C=O) groups excluding carboxylic acids is 1. The number of aromatic carboxylic acids is 1. The van der Waals surface area contributed by atoms with Crippen LogP contribution in [0.4, 0.5) is 16.3 Å². The van der Waals surface area contributed by atoms with Crippen molar-refractivity contribution in [2.75, 3.05) is 17.2 Å². The zero-order chi connectivity index (χ0) is 24.2. The van der Waals surface area contributed by atoms with E-state index in [1.54, 1.807) is 29.1 Å². The van der Waals surface area contributed by atoms with Crippen LogP contribution >= 0.6 is 0 Å². The van der Waals surface area contributed by atoms with Gasteiger partial charge in [-0.1, -0.05) is 18.2 Å². The van der Waals surface area contributed by atoms with Gasteiger partial charge in [-0.25, -0.2) is 29.5 Å². The maximum absolute atomic E-state index is 12.4. The van der Waals surface area contributed by atoms with Gasteiger partial charge in [0.15, 0.2) is 17.0 Å². The minimum absolute atomic E-state index is 0.00400. The zero-order valence-electron chi connectivity index (χ0n) is 18.4. The summed E-state index contributed by atoms with van der Waals surface area (Å²) < 4.78 is 13.5. The highest BCUT2D eigenvalue weighted by Crippen LogP contribution is 2.32. The van der Waals surface area contributed by atoms with Crippen LogP contribution in [0.1, 0.15) is 29.4 Å². The average molecular weight is 475 g/mol. The number of carbonyl (C=O) groups is 2. The van der Waals surface area contributed by atoms with Gasteiger partial charge in [0.05, 0.1) is 12.4 Å². The number of benzene rings is 1. The predicted molar refractivity (Wildman–Crippen MR) is 124 cm³/mol. The number of anilines is 2. The number of amides is 2. The molecule has 1 saturated heterocycles. The number of rotatable bonds is 7. The number of aromatic nitrogens is 5. The third-order valence-corrected chi connectivity index (χ3v) is 5.43. The Morgan fingerprint density at radius 3 is 2.74 bits per heavy atom. The molecule has 4 heterocycles. The number of nitrogens with one attached hydrogen (secondary N) is 2. The van der Waals surface area contributed by atoms with Crippen molar-refractivity contribution in [3.63, 3.8) is 0 Å². The lowest BCUT2D eigenvalue weighted by molar-refractivity contribution is -0.0167. The lowest BCUT2D eigenvalue weighted by Gasteiger charge is -2.16. The van der Waals surface area contributed by atoms with Crippen LogP contribution in [0.3, 0.4) is 0 Å². The smallest absolute Gasteiger partial charge is 0.341 e. The number of hydrogen-bond acceptors (Lipinski definition) is 8. The molecule has 2 unspecified atom stereocenters. The minimum Gasteiger partial charge on any atom is -0.477 e. The van der Waals surface area contributed by atoms with E-state index in [9.17, 15) is 14.7 Å². The van der Waals surface area contributed by atoms with Crippen LogP contribution in [-0.4, -0.2) is 54.3 Å². The summed E-state index contributed by atoms with van der Waals surface area (Å²) in [4.78, 5) is 40.6. The Labute approximate surface area is 199 Å². The highest BCUT2D eigenvalue weighted by molar-refractivity contribution is 6.02. The summed E-state index contributed by atoms with van der Waals surface area (Å²) in [7, 11) is 0. The lowest BCUT2D eigenvalue weighted by Crippen LogP contribution is -2.20. The van der Waals surface area contributed by atoms with Crippen LogP contribution in [0, 0.1) is 0 Å². The minimum atomic E-state index is -1.11. The van der Waals surface area contributed by atoms with E-state index in [0.717, 1.165) is 0 Å². The number of carboxylic acid groups (broad SMARTS) is 1. The fourth-order valence-electron chi connectivity index (χ4n) is 3.80. The molecule has 1 aliphatic heterocycles. The second-order valence-corrected chi connectivity index (χ2v) is 7.75. The van der Waals surface area contributed by atoms with Crippen molar-refractivity contribution in [3.8, 4) is 5.88 Å². The summed E-state index contributed by atoms with van der Waals surface area (Å²) in [5.41, 5.74) is 1.59. The molecule has 2 amide bonds. The highest BCUT2D eigenvalue weighted by atomic mass is 16.6. The molecule has 5 rings (SSSR count). The number of urea groups is 1. The quantitative estimate of drug-likeness (QED) is 0.365. The topological polar surface area (TPSA) is 153 Å². The first kappa shape index (κ1) is 22.2. The van der Waals surface area contributed by atoms with E-state index < -0.39 is 12.0 Å². The Morgan fingerprint density at radius 1 is 1.06 bits per heavy atom. The van der Waals surface area contributed by atoms with Crippen molar-refractivity contribution >= 4 is 34.7 Å². The van der Waals surface area contributed by atoms with Crippen molar-refractivity contribution in [1.82, 2.24) is 24.5 Å². The van der Waals surface area contributed by atoms with Crippen molar-refractivity contribution in [2.45, 2.75) is 25.2 Å². The summed E-state index contributed by atoms with van der Waals surface area (Å²) in [6.07, 6.45) is 5.17. The first-order valence-electron chi connectivity index (χ1n) is 10.9. The lowest BCUT2D eigenvalue weighted by atomic mass is 10.2. The fraction of sp³-hybridized carbons (Fsp3) is 0.217. The largest absolute Gasteiger partial charge is 0.477 e. The Balaban J connectivity index is 1.25. The Morgan fingerprint density at radius 2 is 1.91 bits per heavy atom. The highest BCUT2D eigenvalue weighted by Gasteiger charge is 2.29. The van der Waals surface area contributed by atoms with Gasteiger partial charge in [-0.05, 0) is 37.1 Å².